The van der Waals surface area contributed by atoms with E-state index >= 15 is 0 Å². The predicted octanol–water partition coefficient (Wildman–Crippen LogP) is -0.0944. The van der Waals surface area contributed by atoms with Crippen molar-refractivity contribution in [2.75, 3.05) is 14.2 Å². The summed E-state index contributed by atoms with van der Waals surface area (Å²) in [4.78, 5) is 0. The first-order chi connectivity index (χ1) is 14.2. The summed E-state index contributed by atoms with van der Waals surface area (Å²) in [6, 6.07) is 0. The van der Waals surface area contributed by atoms with E-state index in [0.29, 0.717) is 12.8 Å². The van der Waals surface area contributed by atoms with E-state index in [-0.39, 0.29) is 12.5 Å². The monoisotopic (exact) mass is 436 g/mol. The average Bonchev–Trinajstić information content (AvgIpc) is 2.69. The minimum absolute atomic E-state index is 0.204. The molecule has 0 aromatic carbocycles. The lowest BCUT2D eigenvalue weighted by molar-refractivity contribution is -0.333. The van der Waals surface area contributed by atoms with Crippen molar-refractivity contribution in [2.24, 2.45) is 0 Å². The summed E-state index contributed by atoms with van der Waals surface area (Å²) in [6.45, 7) is 5.36. The molecule has 3 fully saturated rings. The van der Waals surface area contributed by atoms with E-state index in [0.717, 1.165) is 0 Å². The molecule has 3 saturated heterocycles. The van der Waals surface area contributed by atoms with Gasteiger partial charge < -0.3 is 48.5 Å². The van der Waals surface area contributed by atoms with Crippen molar-refractivity contribution in [1.82, 2.24) is 0 Å². The molecule has 10 nitrogen and oxygen atoms in total. The Kier molecular flexibility index (Phi) is 8.47. The number of ether oxygens (including phenoxy) is 7. The molecule has 0 aromatic heterocycles. The maximum atomic E-state index is 10.7. The quantitative estimate of drug-likeness (QED) is 0.520. The van der Waals surface area contributed by atoms with Crippen molar-refractivity contribution in [3.63, 3.8) is 0 Å². The summed E-state index contributed by atoms with van der Waals surface area (Å²) in [7, 11) is 3.10. The zero-order chi connectivity index (χ0) is 22.0. The van der Waals surface area contributed by atoms with Gasteiger partial charge in [-0.3, -0.25) is 0 Å². The van der Waals surface area contributed by atoms with Crippen LogP contribution < -0.4 is 0 Å². The highest BCUT2D eigenvalue weighted by Gasteiger charge is 2.45. The zero-order valence-corrected chi connectivity index (χ0v) is 18.2. The fourth-order valence-electron chi connectivity index (χ4n) is 4.43. The second-order valence-electron chi connectivity index (χ2n) is 8.35. The molecular formula is C20H36O10. The molecule has 0 radical (unpaired) electrons. The topological polar surface area (TPSA) is 125 Å². The van der Waals surface area contributed by atoms with Crippen molar-refractivity contribution < 1.29 is 48.5 Å². The Labute approximate surface area is 177 Å². The van der Waals surface area contributed by atoms with Gasteiger partial charge in [-0.05, 0) is 20.8 Å². The van der Waals surface area contributed by atoms with Crippen LogP contribution >= 0.6 is 0 Å². The number of aliphatic hydroxyl groups is 3. The van der Waals surface area contributed by atoms with E-state index in [2.05, 4.69) is 0 Å². The molecule has 0 spiro atoms. The molecule has 0 aromatic rings. The minimum atomic E-state index is -0.897. The Morgan fingerprint density at radius 3 is 1.87 bits per heavy atom. The minimum Gasteiger partial charge on any atom is -0.390 e. The van der Waals surface area contributed by atoms with Crippen molar-refractivity contribution in [2.45, 2.75) is 114 Å². The van der Waals surface area contributed by atoms with Gasteiger partial charge in [-0.1, -0.05) is 0 Å². The second-order valence-corrected chi connectivity index (χ2v) is 8.35. The number of hydrogen-bond acceptors (Lipinski definition) is 10. The first kappa shape index (κ1) is 24.2. The zero-order valence-electron chi connectivity index (χ0n) is 18.2. The molecule has 3 aliphatic rings. The van der Waals surface area contributed by atoms with Crippen LogP contribution in [0.1, 0.15) is 40.0 Å². The molecule has 3 N–H and O–H groups in total. The molecule has 0 saturated carbocycles. The lowest BCUT2D eigenvalue weighted by Gasteiger charge is -2.44. The van der Waals surface area contributed by atoms with Gasteiger partial charge in [-0.2, -0.15) is 0 Å². The van der Waals surface area contributed by atoms with E-state index in [1.54, 1.807) is 27.9 Å². The third-order valence-corrected chi connectivity index (χ3v) is 6.15. The van der Waals surface area contributed by atoms with Crippen molar-refractivity contribution in [1.29, 1.82) is 0 Å². The molecule has 3 heterocycles. The highest BCUT2D eigenvalue weighted by molar-refractivity contribution is 4.88. The molecule has 10 heteroatoms. The SMILES string of the molecule is COC1CC(OC2C(O)CC(OC3C(C)OC(O)CC3OC)OC2C)OC(C)C1O. The molecule has 0 bridgehead atoms. The maximum Gasteiger partial charge on any atom is 0.161 e. The van der Waals surface area contributed by atoms with Gasteiger partial charge in [0.2, 0.25) is 0 Å². The lowest BCUT2D eigenvalue weighted by atomic mass is 9.99. The van der Waals surface area contributed by atoms with Gasteiger partial charge in [-0.25, -0.2) is 0 Å². The Morgan fingerprint density at radius 1 is 0.667 bits per heavy atom. The van der Waals surface area contributed by atoms with Crippen LogP contribution in [-0.2, 0) is 33.2 Å². The van der Waals surface area contributed by atoms with Crippen LogP contribution in [0.15, 0.2) is 0 Å². The first-order valence-electron chi connectivity index (χ1n) is 10.6. The van der Waals surface area contributed by atoms with Crippen LogP contribution in [0.5, 0.6) is 0 Å². The van der Waals surface area contributed by atoms with Crippen LogP contribution in [0.2, 0.25) is 0 Å². The number of methoxy groups -OCH3 is 2. The Balaban J connectivity index is 1.56. The second kappa shape index (κ2) is 10.5. The molecule has 3 rings (SSSR count). The van der Waals surface area contributed by atoms with Gasteiger partial charge in [0.05, 0.1) is 36.6 Å². The standard InChI is InChI=1S/C20H36O10/c1-9-18(23)13(24-4)8-17(27-9)29-19-10(2)28-16(6-12(19)21)30-20-11(3)26-15(22)7-14(20)25-5/h9-23H,6-8H2,1-5H3. The molecule has 12 unspecified atom stereocenters. The largest absolute Gasteiger partial charge is 0.390 e. The molecule has 3 aliphatic heterocycles. The van der Waals surface area contributed by atoms with Crippen molar-refractivity contribution >= 4 is 0 Å². The van der Waals surface area contributed by atoms with Crippen molar-refractivity contribution in [3.05, 3.63) is 0 Å². The highest BCUT2D eigenvalue weighted by Crippen LogP contribution is 2.32. The number of rotatable bonds is 6. The van der Waals surface area contributed by atoms with Gasteiger partial charge in [0, 0.05) is 33.5 Å². The fourth-order valence-corrected chi connectivity index (χ4v) is 4.43. The summed E-state index contributed by atoms with van der Waals surface area (Å²) < 4.78 is 40.0. The fraction of sp³-hybridized carbons (Fsp3) is 1.00. The third kappa shape index (κ3) is 5.50. The molecule has 176 valence electrons. The summed E-state index contributed by atoms with van der Waals surface area (Å²) in [5.41, 5.74) is 0. The molecule has 0 amide bonds. The van der Waals surface area contributed by atoms with Crippen LogP contribution in [0.25, 0.3) is 0 Å². The van der Waals surface area contributed by atoms with Gasteiger partial charge in [0.15, 0.2) is 18.9 Å². The first-order valence-corrected chi connectivity index (χ1v) is 10.6. The van der Waals surface area contributed by atoms with Gasteiger partial charge >= 0.3 is 0 Å². The molecule has 0 aliphatic carbocycles. The van der Waals surface area contributed by atoms with Crippen LogP contribution in [0.3, 0.4) is 0 Å². The number of hydrogen-bond donors (Lipinski definition) is 3. The average molecular weight is 436 g/mol. The maximum absolute atomic E-state index is 10.7. The third-order valence-electron chi connectivity index (χ3n) is 6.15. The van der Waals surface area contributed by atoms with E-state index in [9.17, 15) is 15.3 Å². The van der Waals surface area contributed by atoms with Gasteiger partial charge in [0.1, 0.15) is 18.3 Å². The summed E-state index contributed by atoms with van der Waals surface area (Å²) in [6.07, 6.45) is -6.00. The molecule has 30 heavy (non-hydrogen) atoms. The Morgan fingerprint density at radius 2 is 1.23 bits per heavy atom. The molecule has 12 atom stereocenters. The Bertz CT molecular complexity index is 524. The Hall–Kier alpha value is -0.400. The summed E-state index contributed by atoms with van der Waals surface area (Å²) in [5, 5.41) is 30.6. The molecular weight excluding hydrogens is 400 g/mol. The van der Waals surface area contributed by atoms with Gasteiger partial charge in [0.25, 0.3) is 0 Å². The van der Waals surface area contributed by atoms with Crippen molar-refractivity contribution in [3.8, 4) is 0 Å². The smallest absolute Gasteiger partial charge is 0.161 e. The van der Waals surface area contributed by atoms with E-state index < -0.39 is 67.7 Å². The number of aliphatic hydroxyl groups excluding tert-OH is 3. The normalized spacial score (nSPS) is 50.4. The lowest BCUT2D eigenvalue weighted by Crippen LogP contribution is -2.56. The summed E-state index contributed by atoms with van der Waals surface area (Å²) >= 11 is 0. The van der Waals surface area contributed by atoms with Crippen LogP contribution in [0, 0.1) is 0 Å². The van der Waals surface area contributed by atoms with E-state index in [1.807, 2.05) is 0 Å². The summed E-state index contributed by atoms with van der Waals surface area (Å²) in [5.74, 6) is 0. The van der Waals surface area contributed by atoms with E-state index in [1.165, 1.54) is 7.11 Å². The van der Waals surface area contributed by atoms with Crippen LogP contribution in [-0.4, -0.2) is 103 Å². The van der Waals surface area contributed by atoms with Crippen LogP contribution in [0.4, 0.5) is 0 Å². The van der Waals surface area contributed by atoms with E-state index in [4.69, 9.17) is 33.2 Å². The van der Waals surface area contributed by atoms with Gasteiger partial charge in [-0.15, -0.1) is 0 Å². The predicted molar refractivity (Wildman–Crippen MR) is 102 cm³/mol. The highest BCUT2D eigenvalue weighted by atomic mass is 16.7.